The molecule has 2 aromatic carbocycles. The van der Waals surface area contributed by atoms with Gasteiger partial charge in [0.25, 0.3) is 5.69 Å². The van der Waals surface area contributed by atoms with Crippen LogP contribution in [0.25, 0.3) is 0 Å². The molecule has 0 aliphatic heterocycles. The normalized spacial score (nSPS) is 10.1. The minimum atomic E-state index is -0.499. The fourth-order valence-corrected chi connectivity index (χ4v) is 2.07. The molecule has 0 spiro atoms. The summed E-state index contributed by atoms with van der Waals surface area (Å²) in [5.74, 6) is 0.957. The lowest BCUT2D eigenvalue weighted by molar-refractivity contribution is -0.384. The molecule has 0 bridgehead atoms. The number of nitro groups is 1. The Morgan fingerprint density at radius 3 is 2.32 bits per heavy atom. The molecule has 22 heavy (non-hydrogen) atoms. The first-order chi connectivity index (χ1) is 10.5. The van der Waals surface area contributed by atoms with Gasteiger partial charge in [-0.15, -0.1) is 0 Å². The van der Waals surface area contributed by atoms with Crippen molar-refractivity contribution in [2.24, 2.45) is 0 Å². The van der Waals surface area contributed by atoms with Crippen LogP contribution in [0.15, 0.2) is 42.5 Å². The van der Waals surface area contributed by atoms with Gasteiger partial charge in [-0.2, -0.15) is 0 Å². The second kappa shape index (κ2) is 6.71. The number of nitro benzene ring substituents is 1. The lowest BCUT2D eigenvalue weighted by Gasteiger charge is -2.08. The number of rotatable bonds is 6. The summed E-state index contributed by atoms with van der Waals surface area (Å²) in [4.78, 5) is 22.6. The molecule has 0 aromatic heterocycles. The van der Waals surface area contributed by atoms with E-state index in [1.165, 1.54) is 25.3 Å². The van der Waals surface area contributed by atoms with Crippen LogP contribution in [0.5, 0.6) is 11.5 Å². The van der Waals surface area contributed by atoms with Crippen LogP contribution in [-0.2, 0) is 6.42 Å². The molecule has 0 saturated carbocycles. The minimum Gasteiger partial charge on any atom is -0.497 e. The first kappa shape index (κ1) is 15.5. The SMILES string of the molecule is COc1ccc(C(=O)Cc2cc([N+](=O)[O-])ccc2OC)cc1. The van der Waals surface area contributed by atoms with E-state index in [9.17, 15) is 14.9 Å². The Morgan fingerprint density at radius 2 is 1.77 bits per heavy atom. The molecule has 0 unspecified atom stereocenters. The highest BCUT2D eigenvalue weighted by Crippen LogP contribution is 2.25. The number of hydrogen-bond donors (Lipinski definition) is 0. The van der Waals surface area contributed by atoms with Crippen molar-refractivity contribution in [3.63, 3.8) is 0 Å². The average Bonchev–Trinajstić information content (AvgIpc) is 2.54. The van der Waals surface area contributed by atoms with Crippen LogP contribution in [-0.4, -0.2) is 24.9 Å². The minimum absolute atomic E-state index is 0.0250. The molecule has 0 amide bonds. The molecule has 2 rings (SSSR count). The molecule has 0 saturated heterocycles. The lowest BCUT2D eigenvalue weighted by Crippen LogP contribution is -2.05. The van der Waals surface area contributed by atoms with Gasteiger partial charge in [-0.05, 0) is 30.3 Å². The van der Waals surface area contributed by atoms with Gasteiger partial charge in [0, 0.05) is 29.7 Å². The van der Waals surface area contributed by atoms with Crippen LogP contribution >= 0.6 is 0 Å². The van der Waals surface area contributed by atoms with Crippen LogP contribution in [0, 0.1) is 10.1 Å². The van der Waals surface area contributed by atoms with Gasteiger partial charge in [0.05, 0.1) is 19.1 Å². The quantitative estimate of drug-likeness (QED) is 0.465. The zero-order valence-electron chi connectivity index (χ0n) is 12.2. The summed E-state index contributed by atoms with van der Waals surface area (Å²) in [5.41, 5.74) is 0.921. The van der Waals surface area contributed by atoms with E-state index in [0.717, 1.165) is 0 Å². The van der Waals surface area contributed by atoms with E-state index in [-0.39, 0.29) is 17.9 Å². The summed E-state index contributed by atoms with van der Waals surface area (Å²) < 4.78 is 10.2. The predicted octanol–water partition coefficient (Wildman–Crippen LogP) is 3.04. The first-order valence-corrected chi connectivity index (χ1v) is 6.53. The smallest absolute Gasteiger partial charge is 0.269 e. The van der Waals surface area contributed by atoms with Crippen molar-refractivity contribution >= 4 is 11.5 Å². The van der Waals surface area contributed by atoms with E-state index in [1.54, 1.807) is 31.4 Å². The summed E-state index contributed by atoms with van der Waals surface area (Å²) in [7, 11) is 3.01. The Bertz CT molecular complexity index is 694. The molecule has 0 radical (unpaired) electrons. The van der Waals surface area contributed by atoms with Crippen LogP contribution in [0.1, 0.15) is 15.9 Å². The molecule has 0 aliphatic rings. The van der Waals surface area contributed by atoms with Crippen LogP contribution in [0.3, 0.4) is 0 Å². The highest BCUT2D eigenvalue weighted by molar-refractivity contribution is 5.98. The molecular weight excluding hydrogens is 286 g/mol. The predicted molar refractivity (Wildman–Crippen MR) is 80.7 cm³/mol. The highest BCUT2D eigenvalue weighted by atomic mass is 16.6. The zero-order chi connectivity index (χ0) is 16.1. The van der Waals surface area contributed by atoms with Gasteiger partial charge in [0.2, 0.25) is 0 Å². The van der Waals surface area contributed by atoms with Crippen molar-refractivity contribution in [2.75, 3.05) is 14.2 Å². The van der Waals surface area contributed by atoms with Crippen molar-refractivity contribution in [2.45, 2.75) is 6.42 Å². The Hall–Kier alpha value is -2.89. The third-order valence-electron chi connectivity index (χ3n) is 3.24. The van der Waals surface area contributed by atoms with Gasteiger partial charge >= 0.3 is 0 Å². The second-order valence-corrected chi connectivity index (χ2v) is 4.58. The molecule has 0 heterocycles. The maximum atomic E-state index is 12.3. The molecule has 6 heteroatoms. The summed E-state index contributed by atoms with van der Waals surface area (Å²) in [6.45, 7) is 0. The average molecular weight is 301 g/mol. The summed E-state index contributed by atoms with van der Waals surface area (Å²) in [6, 6.07) is 10.9. The van der Waals surface area contributed by atoms with Gasteiger partial charge in [-0.25, -0.2) is 0 Å². The first-order valence-electron chi connectivity index (χ1n) is 6.53. The number of methoxy groups -OCH3 is 2. The van der Waals surface area contributed by atoms with E-state index in [4.69, 9.17) is 9.47 Å². The fourth-order valence-electron chi connectivity index (χ4n) is 2.07. The van der Waals surface area contributed by atoms with Crippen molar-refractivity contribution in [3.05, 3.63) is 63.7 Å². The van der Waals surface area contributed by atoms with Crippen molar-refractivity contribution < 1.29 is 19.2 Å². The fraction of sp³-hybridized carbons (Fsp3) is 0.188. The van der Waals surface area contributed by atoms with Crippen LogP contribution < -0.4 is 9.47 Å². The number of benzene rings is 2. The summed E-state index contributed by atoms with van der Waals surface area (Å²) in [6.07, 6.45) is 0.0250. The second-order valence-electron chi connectivity index (χ2n) is 4.58. The maximum Gasteiger partial charge on any atom is 0.269 e. The Morgan fingerprint density at radius 1 is 1.09 bits per heavy atom. The van der Waals surface area contributed by atoms with Crippen LogP contribution in [0.2, 0.25) is 0 Å². The number of carbonyl (C=O) groups is 1. The maximum absolute atomic E-state index is 12.3. The van der Waals surface area contributed by atoms with Gasteiger partial charge < -0.3 is 9.47 Å². The molecule has 0 aliphatic carbocycles. The lowest BCUT2D eigenvalue weighted by atomic mass is 10.0. The molecular formula is C16H15NO5. The van der Waals surface area contributed by atoms with E-state index in [1.807, 2.05) is 0 Å². The Kier molecular flexibility index (Phi) is 4.73. The number of carbonyl (C=O) groups excluding carboxylic acids is 1. The van der Waals surface area contributed by atoms with E-state index in [0.29, 0.717) is 22.6 Å². The summed E-state index contributed by atoms with van der Waals surface area (Å²) >= 11 is 0. The Labute approximate surface area is 127 Å². The number of nitrogens with zero attached hydrogens (tertiary/aromatic N) is 1. The molecule has 6 nitrogen and oxygen atoms in total. The van der Waals surface area contributed by atoms with Crippen LogP contribution in [0.4, 0.5) is 5.69 Å². The van der Waals surface area contributed by atoms with Gasteiger partial charge in [0.1, 0.15) is 11.5 Å². The summed E-state index contributed by atoms with van der Waals surface area (Å²) in [5, 5.41) is 10.8. The molecule has 0 fully saturated rings. The number of Topliss-reactive ketones (excluding diaryl/α,β-unsaturated/α-hetero) is 1. The number of non-ortho nitro benzene ring substituents is 1. The Balaban J connectivity index is 2.26. The topological polar surface area (TPSA) is 78.7 Å². The molecule has 114 valence electrons. The standard InChI is InChI=1S/C16H15NO5/c1-21-14-6-3-11(4-7-14)15(18)10-12-9-13(17(19)20)5-8-16(12)22-2/h3-9H,10H2,1-2H3. The molecule has 0 N–H and O–H groups in total. The number of ether oxygens (including phenoxy) is 2. The monoisotopic (exact) mass is 301 g/mol. The highest BCUT2D eigenvalue weighted by Gasteiger charge is 2.15. The van der Waals surface area contributed by atoms with E-state index in [2.05, 4.69) is 0 Å². The van der Waals surface area contributed by atoms with Crippen molar-refractivity contribution in [3.8, 4) is 11.5 Å². The third kappa shape index (κ3) is 3.41. The third-order valence-corrected chi connectivity index (χ3v) is 3.24. The van der Waals surface area contributed by atoms with Gasteiger partial charge in [-0.3, -0.25) is 14.9 Å². The zero-order valence-corrected chi connectivity index (χ0v) is 12.2. The number of hydrogen-bond acceptors (Lipinski definition) is 5. The van der Waals surface area contributed by atoms with Crippen molar-refractivity contribution in [1.29, 1.82) is 0 Å². The van der Waals surface area contributed by atoms with E-state index >= 15 is 0 Å². The number of ketones is 1. The largest absolute Gasteiger partial charge is 0.497 e. The van der Waals surface area contributed by atoms with Crippen molar-refractivity contribution in [1.82, 2.24) is 0 Å². The molecule has 2 aromatic rings. The molecule has 0 atom stereocenters. The van der Waals surface area contributed by atoms with Gasteiger partial charge in [-0.1, -0.05) is 0 Å². The van der Waals surface area contributed by atoms with Gasteiger partial charge in [0.15, 0.2) is 5.78 Å². The van der Waals surface area contributed by atoms with E-state index < -0.39 is 4.92 Å².